The number of nitrogens with one attached hydrogen (secondary N) is 1. The highest BCUT2D eigenvalue weighted by Gasteiger charge is 2.15. The molecule has 7 heteroatoms. The SMILES string of the molecule is C=CC(=O)Nc1cccc2ccc(-c3ncc(N)c(C(=O)OC)n3)cc12. The average Bonchev–Trinajstić information content (AvgIpc) is 2.67. The molecule has 0 atom stereocenters. The van der Waals surface area contributed by atoms with Crippen molar-refractivity contribution in [2.45, 2.75) is 0 Å². The third-order valence-corrected chi connectivity index (χ3v) is 3.78. The third-order valence-electron chi connectivity index (χ3n) is 3.78. The van der Waals surface area contributed by atoms with Crippen LogP contribution in [0.25, 0.3) is 22.2 Å². The van der Waals surface area contributed by atoms with E-state index < -0.39 is 5.97 Å². The third kappa shape index (κ3) is 3.23. The second-order valence-electron chi connectivity index (χ2n) is 5.42. The lowest BCUT2D eigenvalue weighted by molar-refractivity contribution is -0.111. The van der Waals surface area contributed by atoms with Crippen molar-refractivity contribution in [2.75, 3.05) is 18.2 Å². The number of benzene rings is 2. The normalized spacial score (nSPS) is 10.3. The number of amides is 1. The summed E-state index contributed by atoms with van der Waals surface area (Å²) >= 11 is 0. The van der Waals surface area contributed by atoms with Crippen molar-refractivity contribution in [2.24, 2.45) is 0 Å². The van der Waals surface area contributed by atoms with Gasteiger partial charge >= 0.3 is 5.97 Å². The van der Waals surface area contributed by atoms with E-state index in [4.69, 9.17) is 5.73 Å². The van der Waals surface area contributed by atoms with Crippen LogP contribution in [0.15, 0.2) is 55.3 Å². The van der Waals surface area contributed by atoms with Gasteiger partial charge in [-0.3, -0.25) is 4.79 Å². The molecule has 0 radical (unpaired) electrons. The van der Waals surface area contributed by atoms with Crippen LogP contribution in [0.5, 0.6) is 0 Å². The first-order valence-corrected chi connectivity index (χ1v) is 7.71. The van der Waals surface area contributed by atoms with Crippen molar-refractivity contribution < 1.29 is 14.3 Å². The zero-order valence-electron chi connectivity index (χ0n) is 14.0. The van der Waals surface area contributed by atoms with Gasteiger partial charge in [-0.1, -0.05) is 30.8 Å². The van der Waals surface area contributed by atoms with Gasteiger partial charge in [-0.05, 0) is 23.6 Å². The van der Waals surface area contributed by atoms with Gasteiger partial charge in [0.15, 0.2) is 11.5 Å². The predicted octanol–water partition coefficient (Wildman–Crippen LogP) is 2.79. The Morgan fingerprint density at radius 3 is 2.81 bits per heavy atom. The molecule has 1 heterocycles. The van der Waals surface area contributed by atoms with Crippen LogP contribution in [0.3, 0.4) is 0 Å². The molecular weight excluding hydrogens is 332 g/mol. The van der Waals surface area contributed by atoms with E-state index in [2.05, 4.69) is 26.6 Å². The Morgan fingerprint density at radius 1 is 1.27 bits per heavy atom. The minimum atomic E-state index is -0.633. The largest absolute Gasteiger partial charge is 0.464 e. The lowest BCUT2D eigenvalue weighted by Gasteiger charge is -2.10. The number of carbonyl (C=O) groups excluding carboxylic acids is 2. The summed E-state index contributed by atoms with van der Waals surface area (Å²) in [6.45, 7) is 3.46. The molecule has 0 aliphatic rings. The topological polar surface area (TPSA) is 107 Å². The number of aromatic nitrogens is 2. The number of hydrogen-bond acceptors (Lipinski definition) is 6. The van der Waals surface area contributed by atoms with E-state index in [1.165, 1.54) is 19.4 Å². The van der Waals surface area contributed by atoms with Crippen LogP contribution in [0.2, 0.25) is 0 Å². The Hall–Kier alpha value is -3.74. The summed E-state index contributed by atoms with van der Waals surface area (Å²) < 4.78 is 4.69. The zero-order chi connectivity index (χ0) is 18.7. The first-order chi connectivity index (χ1) is 12.5. The number of methoxy groups -OCH3 is 1. The summed E-state index contributed by atoms with van der Waals surface area (Å²) in [4.78, 5) is 31.8. The second kappa shape index (κ2) is 7.02. The molecule has 1 amide bonds. The maximum atomic E-state index is 11.8. The fourth-order valence-electron chi connectivity index (χ4n) is 2.49. The molecule has 7 nitrogen and oxygen atoms in total. The summed E-state index contributed by atoms with van der Waals surface area (Å²) in [6, 6.07) is 11.1. The molecule has 26 heavy (non-hydrogen) atoms. The lowest BCUT2D eigenvalue weighted by Crippen LogP contribution is -2.10. The van der Waals surface area contributed by atoms with Gasteiger partial charge in [0.05, 0.1) is 19.0 Å². The highest BCUT2D eigenvalue weighted by atomic mass is 16.5. The van der Waals surface area contributed by atoms with Crippen LogP contribution in [-0.2, 0) is 9.53 Å². The number of anilines is 2. The fraction of sp³-hybridized carbons (Fsp3) is 0.0526. The zero-order valence-corrected chi connectivity index (χ0v) is 14.0. The minimum Gasteiger partial charge on any atom is -0.464 e. The monoisotopic (exact) mass is 348 g/mol. The smallest absolute Gasteiger partial charge is 0.358 e. The standard InChI is InChI=1S/C19H16N4O3/c1-3-16(24)22-15-6-4-5-11-7-8-12(9-13(11)15)18-21-10-14(20)17(23-18)19(25)26-2/h3-10H,1,20H2,2H3,(H,22,24). The van der Waals surface area contributed by atoms with E-state index >= 15 is 0 Å². The maximum absolute atomic E-state index is 11.8. The second-order valence-corrected chi connectivity index (χ2v) is 5.42. The van der Waals surface area contributed by atoms with Crippen LogP contribution in [0.4, 0.5) is 11.4 Å². The Kier molecular flexibility index (Phi) is 4.62. The van der Waals surface area contributed by atoms with Gasteiger partial charge in [0.25, 0.3) is 0 Å². The van der Waals surface area contributed by atoms with E-state index in [1.54, 1.807) is 6.07 Å². The molecule has 0 unspecified atom stereocenters. The molecule has 3 aromatic rings. The minimum absolute atomic E-state index is 0.00541. The summed E-state index contributed by atoms with van der Waals surface area (Å²) in [6.07, 6.45) is 2.57. The van der Waals surface area contributed by atoms with E-state index in [0.717, 1.165) is 10.8 Å². The molecule has 0 saturated heterocycles. The quantitative estimate of drug-likeness (QED) is 0.554. The van der Waals surface area contributed by atoms with Gasteiger partial charge in [0.1, 0.15) is 0 Å². The number of fused-ring (bicyclic) bond motifs is 1. The number of nitrogens with zero attached hydrogens (tertiary/aromatic N) is 2. The molecule has 0 aliphatic carbocycles. The summed E-state index contributed by atoms with van der Waals surface area (Å²) in [5, 5.41) is 4.50. The van der Waals surface area contributed by atoms with Crippen molar-refractivity contribution in [3.8, 4) is 11.4 Å². The molecule has 3 rings (SSSR count). The van der Waals surface area contributed by atoms with Crippen LogP contribution >= 0.6 is 0 Å². The fourth-order valence-corrected chi connectivity index (χ4v) is 2.49. The van der Waals surface area contributed by atoms with Gasteiger partial charge in [-0.15, -0.1) is 0 Å². The molecule has 3 N–H and O–H groups in total. The summed E-state index contributed by atoms with van der Waals surface area (Å²) in [5.74, 6) is -0.614. The van der Waals surface area contributed by atoms with Crippen molar-refractivity contribution in [3.05, 3.63) is 60.9 Å². The van der Waals surface area contributed by atoms with Crippen LogP contribution in [-0.4, -0.2) is 29.0 Å². The number of hydrogen-bond donors (Lipinski definition) is 2. The van der Waals surface area contributed by atoms with Crippen molar-refractivity contribution in [1.29, 1.82) is 0 Å². The van der Waals surface area contributed by atoms with E-state index in [0.29, 0.717) is 17.1 Å². The Balaban J connectivity index is 2.12. The molecule has 0 aliphatic heterocycles. The molecule has 0 bridgehead atoms. The van der Waals surface area contributed by atoms with Crippen LogP contribution < -0.4 is 11.1 Å². The molecule has 2 aromatic carbocycles. The van der Waals surface area contributed by atoms with Gasteiger partial charge in [0.2, 0.25) is 5.91 Å². The number of carbonyl (C=O) groups is 2. The van der Waals surface area contributed by atoms with Crippen molar-refractivity contribution >= 4 is 34.0 Å². The molecule has 1 aromatic heterocycles. The van der Waals surface area contributed by atoms with Crippen LogP contribution in [0.1, 0.15) is 10.5 Å². The number of rotatable bonds is 4. The first-order valence-electron chi connectivity index (χ1n) is 7.71. The van der Waals surface area contributed by atoms with Gasteiger partial charge in [-0.2, -0.15) is 0 Å². The number of ether oxygens (including phenoxy) is 1. The number of esters is 1. The van der Waals surface area contributed by atoms with Gasteiger partial charge in [0, 0.05) is 16.6 Å². The summed E-state index contributed by atoms with van der Waals surface area (Å²) in [5.41, 5.74) is 7.20. The first kappa shape index (κ1) is 17.1. The molecule has 0 spiro atoms. The average molecular weight is 348 g/mol. The molecule has 0 fully saturated rings. The molecule has 0 saturated carbocycles. The number of nitrogen functional groups attached to an aromatic ring is 1. The van der Waals surface area contributed by atoms with Gasteiger partial charge in [-0.25, -0.2) is 14.8 Å². The van der Waals surface area contributed by atoms with E-state index in [-0.39, 0.29) is 17.3 Å². The molecule has 130 valence electrons. The van der Waals surface area contributed by atoms with Crippen LogP contribution in [0, 0.1) is 0 Å². The Labute approximate surface area is 149 Å². The molecular formula is C19H16N4O3. The summed E-state index contributed by atoms with van der Waals surface area (Å²) in [7, 11) is 1.26. The highest BCUT2D eigenvalue weighted by Crippen LogP contribution is 2.28. The Bertz CT molecular complexity index is 1030. The lowest BCUT2D eigenvalue weighted by atomic mass is 10.0. The maximum Gasteiger partial charge on any atom is 0.358 e. The van der Waals surface area contributed by atoms with Gasteiger partial charge < -0.3 is 15.8 Å². The van der Waals surface area contributed by atoms with E-state index in [9.17, 15) is 9.59 Å². The highest BCUT2D eigenvalue weighted by molar-refractivity contribution is 6.06. The predicted molar refractivity (Wildman–Crippen MR) is 99.6 cm³/mol. The van der Waals surface area contributed by atoms with Crippen molar-refractivity contribution in [1.82, 2.24) is 9.97 Å². The van der Waals surface area contributed by atoms with E-state index in [1.807, 2.05) is 30.3 Å². The van der Waals surface area contributed by atoms with Crippen molar-refractivity contribution in [3.63, 3.8) is 0 Å². The Morgan fingerprint density at radius 2 is 2.08 bits per heavy atom. The number of nitrogens with two attached hydrogens (primary N) is 1.